The number of fused-ring (bicyclic) bond motifs is 2. The van der Waals surface area contributed by atoms with Crippen LogP contribution in [0, 0.1) is 5.82 Å². The standard InChI is InChI=1S/C24H22FN7O2/c25-16-4-2-8-28-20(16)13-29-24(33)21-14-34-23(32-21)6-10-26-9-5-22-30-18-11-15-3-1-7-27-17(15)12-19(18)31-22/h1-4,7-8,11-12,14,26H,5-6,9-10,13H2,(H,29,33)(H,30,31). The van der Waals surface area contributed by atoms with E-state index in [0.717, 1.165) is 40.7 Å². The second kappa shape index (κ2) is 9.75. The number of H-pyrrole nitrogens is 1. The SMILES string of the molecule is O=C(NCc1ncccc1F)c1coc(CCNCCc2nc3cc4ncccc4cc3[nH]2)n1. The van der Waals surface area contributed by atoms with Crippen LogP contribution in [-0.2, 0) is 19.4 Å². The van der Waals surface area contributed by atoms with Crippen LogP contribution in [0.5, 0.6) is 0 Å². The molecule has 172 valence electrons. The number of pyridine rings is 2. The maximum atomic E-state index is 13.6. The number of aromatic nitrogens is 5. The Morgan fingerprint density at radius 2 is 1.88 bits per heavy atom. The van der Waals surface area contributed by atoms with Crippen molar-refractivity contribution in [1.29, 1.82) is 0 Å². The van der Waals surface area contributed by atoms with Crippen LogP contribution >= 0.6 is 0 Å². The number of aromatic amines is 1. The molecule has 0 aliphatic carbocycles. The van der Waals surface area contributed by atoms with E-state index >= 15 is 0 Å². The van der Waals surface area contributed by atoms with Crippen LogP contribution in [0.4, 0.5) is 4.39 Å². The van der Waals surface area contributed by atoms with Gasteiger partial charge in [0.2, 0.25) is 0 Å². The number of halogens is 1. The lowest BCUT2D eigenvalue weighted by atomic mass is 10.2. The van der Waals surface area contributed by atoms with E-state index in [1.807, 2.05) is 18.2 Å². The minimum atomic E-state index is -0.470. The highest BCUT2D eigenvalue weighted by molar-refractivity contribution is 5.93. The van der Waals surface area contributed by atoms with Gasteiger partial charge in [0.1, 0.15) is 17.9 Å². The Bertz CT molecular complexity index is 1390. The zero-order valence-corrected chi connectivity index (χ0v) is 18.2. The van der Waals surface area contributed by atoms with Crippen molar-refractivity contribution in [3.63, 3.8) is 0 Å². The molecule has 4 heterocycles. The van der Waals surface area contributed by atoms with E-state index in [0.29, 0.717) is 18.9 Å². The van der Waals surface area contributed by atoms with E-state index in [1.165, 1.54) is 24.6 Å². The van der Waals surface area contributed by atoms with Crippen molar-refractivity contribution >= 4 is 27.8 Å². The van der Waals surface area contributed by atoms with Gasteiger partial charge in [0.15, 0.2) is 11.6 Å². The van der Waals surface area contributed by atoms with Crippen LogP contribution in [0.2, 0.25) is 0 Å². The van der Waals surface area contributed by atoms with Gasteiger partial charge in [-0.3, -0.25) is 14.8 Å². The first-order valence-corrected chi connectivity index (χ1v) is 10.9. The van der Waals surface area contributed by atoms with E-state index in [4.69, 9.17) is 4.42 Å². The summed E-state index contributed by atoms with van der Waals surface area (Å²) in [5.74, 6) is 0.436. The first kappa shape index (κ1) is 21.7. The van der Waals surface area contributed by atoms with Gasteiger partial charge in [0, 0.05) is 43.7 Å². The van der Waals surface area contributed by atoms with E-state index in [1.54, 1.807) is 6.20 Å². The molecule has 1 aromatic carbocycles. The maximum absolute atomic E-state index is 13.6. The van der Waals surface area contributed by atoms with Crippen LogP contribution in [0.1, 0.15) is 27.9 Å². The molecular formula is C24H22FN7O2. The van der Waals surface area contributed by atoms with E-state index in [9.17, 15) is 9.18 Å². The van der Waals surface area contributed by atoms with Gasteiger partial charge in [-0.1, -0.05) is 6.07 Å². The average molecular weight is 459 g/mol. The summed E-state index contributed by atoms with van der Waals surface area (Å²) >= 11 is 0. The molecule has 9 nitrogen and oxygen atoms in total. The minimum absolute atomic E-state index is 0.0242. The molecule has 5 rings (SSSR count). The third-order valence-corrected chi connectivity index (χ3v) is 5.34. The molecule has 10 heteroatoms. The topological polar surface area (TPSA) is 122 Å². The molecule has 0 aliphatic rings. The van der Waals surface area contributed by atoms with Crippen LogP contribution in [0.3, 0.4) is 0 Å². The zero-order chi connectivity index (χ0) is 23.3. The van der Waals surface area contributed by atoms with Gasteiger partial charge in [-0.25, -0.2) is 14.4 Å². The van der Waals surface area contributed by atoms with E-state index < -0.39 is 11.7 Å². The van der Waals surface area contributed by atoms with Crippen molar-refractivity contribution < 1.29 is 13.6 Å². The normalized spacial score (nSPS) is 11.3. The second-order valence-electron chi connectivity index (χ2n) is 7.74. The lowest BCUT2D eigenvalue weighted by Gasteiger charge is -2.03. The van der Waals surface area contributed by atoms with Gasteiger partial charge in [-0.2, -0.15) is 0 Å². The predicted molar refractivity (Wildman–Crippen MR) is 124 cm³/mol. The van der Waals surface area contributed by atoms with Gasteiger partial charge in [-0.05, 0) is 30.3 Å². The molecule has 5 aromatic rings. The molecule has 0 unspecified atom stereocenters. The van der Waals surface area contributed by atoms with Crippen molar-refractivity contribution in [2.24, 2.45) is 0 Å². The third-order valence-electron chi connectivity index (χ3n) is 5.34. The third kappa shape index (κ3) is 4.91. The van der Waals surface area contributed by atoms with Crippen molar-refractivity contribution in [2.75, 3.05) is 13.1 Å². The number of benzene rings is 1. The Hall–Kier alpha value is -4.18. The van der Waals surface area contributed by atoms with Gasteiger partial charge in [-0.15, -0.1) is 0 Å². The molecule has 0 saturated carbocycles. The summed E-state index contributed by atoms with van der Waals surface area (Å²) in [6.45, 7) is 1.33. The van der Waals surface area contributed by atoms with Gasteiger partial charge >= 0.3 is 0 Å². The molecule has 3 N–H and O–H groups in total. The highest BCUT2D eigenvalue weighted by Crippen LogP contribution is 2.19. The van der Waals surface area contributed by atoms with E-state index in [2.05, 4.69) is 41.6 Å². The molecule has 0 spiro atoms. The Labute approximate surface area is 193 Å². The quantitative estimate of drug-likeness (QED) is 0.290. The highest BCUT2D eigenvalue weighted by Gasteiger charge is 2.13. The van der Waals surface area contributed by atoms with Crippen molar-refractivity contribution in [2.45, 2.75) is 19.4 Å². The molecule has 34 heavy (non-hydrogen) atoms. The Kier molecular flexibility index (Phi) is 6.21. The minimum Gasteiger partial charge on any atom is -0.448 e. The number of carbonyl (C=O) groups excluding carboxylic acids is 1. The fourth-order valence-electron chi connectivity index (χ4n) is 3.61. The van der Waals surface area contributed by atoms with E-state index in [-0.39, 0.29) is 17.9 Å². The lowest BCUT2D eigenvalue weighted by Crippen LogP contribution is -2.24. The number of amides is 1. The summed E-state index contributed by atoms with van der Waals surface area (Å²) in [5.41, 5.74) is 3.13. The fourth-order valence-corrected chi connectivity index (χ4v) is 3.61. The van der Waals surface area contributed by atoms with Crippen LogP contribution in [0.25, 0.3) is 21.9 Å². The number of carbonyl (C=O) groups is 1. The first-order valence-electron chi connectivity index (χ1n) is 10.9. The van der Waals surface area contributed by atoms with Crippen molar-refractivity contribution in [3.05, 3.63) is 84.0 Å². The second-order valence-corrected chi connectivity index (χ2v) is 7.74. The summed E-state index contributed by atoms with van der Waals surface area (Å²) in [7, 11) is 0. The Balaban J connectivity index is 1.07. The molecular weight excluding hydrogens is 437 g/mol. The first-order chi connectivity index (χ1) is 16.7. The molecule has 0 saturated heterocycles. The summed E-state index contributed by atoms with van der Waals surface area (Å²) in [6, 6.07) is 10.8. The maximum Gasteiger partial charge on any atom is 0.273 e. The molecule has 4 aromatic heterocycles. The summed E-state index contributed by atoms with van der Waals surface area (Å²) in [6.07, 6.45) is 5.81. The van der Waals surface area contributed by atoms with Gasteiger partial charge in [0.25, 0.3) is 5.91 Å². The Morgan fingerprint density at radius 3 is 2.79 bits per heavy atom. The van der Waals surface area contributed by atoms with Crippen LogP contribution < -0.4 is 10.6 Å². The van der Waals surface area contributed by atoms with Crippen LogP contribution in [-0.4, -0.2) is 43.9 Å². The molecule has 1 amide bonds. The lowest BCUT2D eigenvalue weighted by molar-refractivity contribution is 0.0945. The molecule has 0 radical (unpaired) electrons. The smallest absolute Gasteiger partial charge is 0.273 e. The Morgan fingerprint density at radius 1 is 1.03 bits per heavy atom. The number of imidazole rings is 1. The fraction of sp³-hybridized carbons (Fsp3) is 0.208. The largest absolute Gasteiger partial charge is 0.448 e. The van der Waals surface area contributed by atoms with Crippen LogP contribution in [0.15, 0.2) is 59.5 Å². The predicted octanol–water partition coefficient (Wildman–Crippen LogP) is 2.94. The summed E-state index contributed by atoms with van der Waals surface area (Å²) in [4.78, 5) is 32.7. The monoisotopic (exact) mass is 459 g/mol. The zero-order valence-electron chi connectivity index (χ0n) is 18.2. The van der Waals surface area contributed by atoms with Crippen molar-refractivity contribution in [3.8, 4) is 0 Å². The number of nitrogens with zero attached hydrogens (tertiary/aromatic N) is 4. The summed E-state index contributed by atoms with van der Waals surface area (Å²) in [5, 5.41) is 6.99. The number of rotatable bonds is 9. The number of nitrogens with one attached hydrogen (secondary N) is 3. The van der Waals surface area contributed by atoms with Gasteiger partial charge in [0.05, 0.1) is 28.8 Å². The summed E-state index contributed by atoms with van der Waals surface area (Å²) < 4.78 is 19.0. The molecule has 0 bridgehead atoms. The van der Waals surface area contributed by atoms with Crippen molar-refractivity contribution in [1.82, 2.24) is 35.6 Å². The molecule has 0 aliphatic heterocycles. The highest BCUT2D eigenvalue weighted by atomic mass is 19.1. The molecule has 0 atom stereocenters. The average Bonchev–Trinajstić information content (AvgIpc) is 3.48. The van der Waals surface area contributed by atoms with Gasteiger partial charge < -0.3 is 20.0 Å². The number of hydrogen-bond acceptors (Lipinski definition) is 7. The number of oxazole rings is 1. The number of hydrogen-bond donors (Lipinski definition) is 3. The molecule has 0 fully saturated rings.